The lowest BCUT2D eigenvalue weighted by Crippen LogP contribution is -2.37. The van der Waals surface area contributed by atoms with Gasteiger partial charge in [-0.05, 0) is 24.3 Å². The lowest BCUT2D eigenvalue weighted by molar-refractivity contribution is -0.131. The Morgan fingerprint density at radius 2 is 2.04 bits per heavy atom. The third-order valence-electron chi connectivity index (χ3n) is 4.74. The van der Waals surface area contributed by atoms with Gasteiger partial charge in [0.2, 0.25) is 0 Å². The normalized spacial score (nSPS) is 23.8. The molecule has 25 heavy (non-hydrogen) atoms. The molecule has 2 atom stereocenters. The van der Waals surface area contributed by atoms with Gasteiger partial charge in [-0.25, -0.2) is 0 Å². The highest BCUT2D eigenvalue weighted by Gasteiger charge is 2.44. The second-order valence-electron chi connectivity index (χ2n) is 7.19. The maximum Gasteiger partial charge on any atom is 0.290 e. The van der Waals surface area contributed by atoms with E-state index in [0.29, 0.717) is 19.6 Å². The average molecular weight is 343 g/mol. The molecule has 0 aromatic heterocycles. The van der Waals surface area contributed by atoms with Crippen LogP contribution in [0.3, 0.4) is 0 Å². The minimum Gasteiger partial charge on any atom is -0.503 e. The Morgan fingerprint density at radius 3 is 2.64 bits per heavy atom. The molecule has 1 aromatic rings. The predicted octanol–water partition coefficient (Wildman–Crippen LogP) is 3.18. The number of ketones is 1. The smallest absolute Gasteiger partial charge is 0.290 e. The summed E-state index contributed by atoms with van der Waals surface area (Å²) in [5, 5.41) is 10.4. The zero-order chi connectivity index (χ0) is 18.0. The van der Waals surface area contributed by atoms with Crippen LogP contribution >= 0.6 is 0 Å². The zero-order valence-electron chi connectivity index (χ0n) is 14.8. The number of amides is 1. The van der Waals surface area contributed by atoms with Crippen LogP contribution in [0.25, 0.3) is 0 Å². The second-order valence-corrected chi connectivity index (χ2v) is 7.19. The Hall–Kier alpha value is -2.14. The number of aliphatic hydroxyl groups is 1. The highest BCUT2D eigenvalue weighted by molar-refractivity contribution is 6.09. The van der Waals surface area contributed by atoms with Crippen LogP contribution in [0.4, 0.5) is 0 Å². The number of rotatable bonds is 6. The maximum absolute atomic E-state index is 12.8. The molecule has 2 heterocycles. The van der Waals surface area contributed by atoms with Gasteiger partial charge in [0.05, 0.1) is 17.7 Å². The van der Waals surface area contributed by atoms with E-state index in [0.717, 1.165) is 18.4 Å². The summed E-state index contributed by atoms with van der Waals surface area (Å²) >= 11 is 0. The molecule has 0 spiro atoms. The average Bonchev–Trinajstić information content (AvgIpc) is 3.17. The summed E-state index contributed by atoms with van der Waals surface area (Å²) in [6.45, 7) is 4.99. The number of ether oxygens (including phenoxy) is 1. The van der Waals surface area contributed by atoms with Crippen molar-refractivity contribution in [2.24, 2.45) is 5.92 Å². The molecule has 2 aliphatic rings. The standard InChI is InChI=1S/C20H25NO4/c1-13(2)11-16(22)17-18(14-7-4-3-5-8-14)21(20(24)19(17)23)12-15-9-6-10-25-15/h3-5,7-8,13,15,18,23H,6,9-12H2,1-2H3. The summed E-state index contributed by atoms with van der Waals surface area (Å²) in [5.41, 5.74) is 1.06. The van der Waals surface area contributed by atoms with E-state index >= 15 is 0 Å². The Balaban J connectivity index is 1.96. The van der Waals surface area contributed by atoms with Crippen LogP contribution in [0.1, 0.15) is 44.7 Å². The van der Waals surface area contributed by atoms with Crippen molar-refractivity contribution in [2.45, 2.75) is 45.3 Å². The van der Waals surface area contributed by atoms with Crippen molar-refractivity contribution in [3.63, 3.8) is 0 Å². The highest BCUT2D eigenvalue weighted by atomic mass is 16.5. The third-order valence-corrected chi connectivity index (χ3v) is 4.74. The van der Waals surface area contributed by atoms with E-state index in [2.05, 4.69) is 0 Å². The Labute approximate surface area is 148 Å². The molecule has 5 nitrogen and oxygen atoms in total. The number of Topliss-reactive ketones (excluding diaryl/α,β-unsaturated/α-hetero) is 1. The van der Waals surface area contributed by atoms with E-state index < -0.39 is 17.7 Å². The summed E-state index contributed by atoms with van der Waals surface area (Å²) in [5.74, 6) is -0.884. The van der Waals surface area contributed by atoms with E-state index in [1.165, 1.54) is 0 Å². The largest absolute Gasteiger partial charge is 0.503 e. The Kier molecular flexibility index (Phi) is 5.23. The molecular formula is C20H25NO4. The van der Waals surface area contributed by atoms with Crippen LogP contribution in [0.15, 0.2) is 41.7 Å². The number of hydrogen-bond acceptors (Lipinski definition) is 4. The molecule has 0 bridgehead atoms. The van der Waals surface area contributed by atoms with Crippen molar-refractivity contribution in [1.82, 2.24) is 4.90 Å². The summed E-state index contributed by atoms with van der Waals surface area (Å²) in [6.07, 6.45) is 2.13. The monoisotopic (exact) mass is 343 g/mol. The van der Waals surface area contributed by atoms with Crippen molar-refractivity contribution in [2.75, 3.05) is 13.2 Å². The SMILES string of the molecule is CC(C)CC(=O)C1=C(O)C(=O)N(CC2CCCO2)C1c1ccccc1. The lowest BCUT2D eigenvalue weighted by atomic mass is 9.92. The third kappa shape index (κ3) is 3.61. The minimum absolute atomic E-state index is 0.0393. The molecule has 3 rings (SSSR count). The molecule has 0 aliphatic carbocycles. The molecule has 1 N–H and O–H groups in total. The van der Waals surface area contributed by atoms with E-state index in [4.69, 9.17) is 4.74 Å². The summed E-state index contributed by atoms with van der Waals surface area (Å²) < 4.78 is 5.66. The molecular weight excluding hydrogens is 318 g/mol. The molecule has 1 fully saturated rings. The maximum atomic E-state index is 12.8. The fourth-order valence-electron chi connectivity index (χ4n) is 3.60. The first-order chi connectivity index (χ1) is 12.0. The summed E-state index contributed by atoms with van der Waals surface area (Å²) in [7, 11) is 0. The van der Waals surface area contributed by atoms with Crippen LogP contribution in [0, 0.1) is 5.92 Å². The summed E-state index contributed by atoms with van der Waals surface area (Å²) in [6, 6.07) is 8.89. The van der Waals surface area contributed by atoms with Gasteiger partial charge in [-0.3, -0.25) is 9.59 Å². The topological polar surface area (TPSA) is 66.8 Å². The van der Waals surface area contributed by atoms with Gasteiger partial charge in [0, 0.05) is 19.6 Å². The number of hydrogen-bond donors (Lipinski definition) is 1. The number of benzene rings is 1. The van der Waals surface area contributed by atoms with Crippen molar-refractivity contribution in [3.8, 4) is 0 Å². The number of aliphatic hydroxyl groups excluding tert-OH is 1. The first-order valence-corrected chi connectivity index (χ1v) is 8.93. The van der Waals surface area contributed by atoms with Crippen molar-refractivity contribution < 1.29 is 19.4 Å². The molecule has 1 aromatic carbocycles. The second kappa shape index (κ2) is 7.40. The highest BCUT2D eigenvalue weighted by Crippen LogP contribution is 2.39. The molecule has 1 saturated heterocycles. The first kappa shape index (κ1) is 17.7. The van der Waals surface area contributed by atoms with Crippen molar-refractivity contribution in [3.05, 3.63) is 47.2 Å². The minimum atomic E-state index is -0.538. The van der Waals surface area contributed by atoms with Crippen LogP contribution < -0.4 is 0 Å². The van der Waals surface area contributed by atoms with Crippen LogP contribution in [0.5, 0.6) is 0 Å². The quantitative estimate of drug-likeness (QED) is 0.861. The molecule has 2 aliphatic heterocycles. The van der Waals surface area contributed by atoms with Crippen LogP contribution in [-0.4, -0.2) is 41.0 Å². The zero-order valence-corrected chi connectivity index (χ0v) is 14.8. The van der Waals surface area contributed by atoms with Crippen molar-refractivity contribution in [1.29, 1.82) is 0 Å². The van der Waals surface area contributed by atoms with E-state index in [1.54, 1.807) is 4.90 Å². The van der Waals surface area contributed by atoms with Gasteiger partial charge in [0.1, 0.15) is 0 Å². The van der Waals surface area contributed by atoms with Gasteiger partial charge in [-0.1, -0.05) is 44.2 Å². The van der Waals surface area contributed by atoms with E-state index in [1.807, 2.05) is 44.2 Å². The van der Waals surface area contributed by atoms with Gasteiger partial charge < -0.3 is 14.7 Å². The number of carbonyl (C=O) groups is 2. The fourth-order valence-corrected chi connectivity index (χ4v) is 3.60. The molecule has 0 radical (unpaired) electrons. The Bertz CT molecular complexity index is 674. The van der Waals surface area contributed by atoms with Crippen LogP contribution in [-0.2, 0) is 14.3 Å². The number of nitrogens with zero attached hydrogens (tertiary/aromatic N) is 1. The van der Waals surface area contributed by atoms with Crippen molar-refractivity contribution >= 4 is 11.7 Å². The molecule has 5 heteroatoms. The van der Waals surface area contributed by atoms with Gasteiger partial charge in [0.15, 0.2) is 11.5 Å². The fraction of sp³-hybridized carbons (Fsp3) is 0.500. The number of carbonyl (C=O) groups excluding carboxylic acids is 2. The first-order valence-electron chi connectivity index (χ1n) is 8.93. The molecule has 2 unspecified atom stereocenters. The molecule has 134 valence electrons. The van der Waals surface area contributed by atoms with E-state index in [-0.39, 0.29) is 23.4 Å². The Morgan fingerprint density at radius 1 is 1.32 bits per heavy atom. The van der Waals surface area contributed by atoms with Gasteiger partial charge in [-0.15, -0.1) is 0 Å². The lowest BCUT2D eigenvalue weighted by Gasteiger charge is -2.29. The molecule has 0 saturated carbocycles. The van der Waals surface area contributed by atoms with E-state index in [9.17, 15) is 14.7 Å². The van der Waals surface area contributed by atoms with Gasteiger partial charge >= 0.3 is 0 Å². The van der Waals surface area contributed by atoms with Crippen LogP contribution in [0.2, 0.25) is 0 Å². The summed E-state index contributed by atoms with van der Waals surface area (Å²) in [4.78, 5) is 27.0. The van der Waals surface area contributed by atoms with Gasteiger partial charge in [0.25, 0.3) is 5.91 Å². The predicted molar refractivity (Wildman–Crippen MR) is 94.0 cm³/mol. The molecule has 1 amide bonds. The van der Waals surface area contributed by atoms with Gasteiger partial charge in [-0.2, -0.15) is 0 Å².